The summed E-state index contributed by atoms with van der Waals surface area (Å²) in [6.07, 6.45) is 7.16. The molecule has 4 aromatic rings. The minimum atomic E-state index is -0.209. The van der Waals surface area contributed by atoms with Crippen LogP contribution in [0.15, 0.2) is 54.7 Å². The molecule has 1 aliphatic rings. The first-order chi connectivity index (χ1) is 16.5. The van der Waals surface area contributed by atoms with Crippen LogP contribution in [0.5, 0.6) is 5.75 Å². The minimum absolute atomic E-state index is 0.129. The quantitative estimate of drug-likeness (QED) is 0.440. The third-order valence-electron chi connectivity index (χ3n) is 5.56. The molecule has 0 fully saturated rings. The first-order valence-electron chi connectivity index (χ1n) is 10.5. The molecule has 5 rings (SSSR count). The SMILES string of the molecule is C#CCOc1cccc([C@@H]2CC(=O)Nc3c2c(C)nn3-c2nncc(-c3ccc(Cl)cc3)n2)c1. The lowest BCUT2D eigenvalue weighted by Crippen LogP contribution is -2.25. The second-order valence-corrected chi connectivity index (χ2v) is 8.21. The Morgan fingerprint density at radius 2 is 2.09 bits per heavy atom. The fourth-order valence-corrected chi connectivity index (χ4v) is 4.19. The van der Waals surface area contributed by atoms with Gasteiger partial charge in [0.1, 0.15) is 18.2 Å². The van der Waals surface area contributed by atoms with Gasteiger partial charge < -0.3 is 10.1 Å². The molecule has 0 saturated carbocycles. The van der Waals surface area contributed by atoms with Crippen LogP contribution in [-0.2, 0) is 4.79 Å². The molecular weight excluding hydrogens is 452 g/mol. The monoisotopic (exact) mass is 470 g/mol. The Labute approximate surface area is 201 Å². The van der Waals surface area contributed by atoms with Crippen LogP contribution in [0.3, 0.4) is 0 Å². The van der Waals surface area contributed by atoms with Gasteiger partial charge in [-0.2, -0.15) is 14.9 Å². The Bertz CT molecular complexity index is 1420. The van der Waals surface area contributed by atoms with E-state index < -0.39 is 0 Å². The predicted molar refractivity (Wildman–Crippen MR) is 128 cm³/mol. The molecular formula is C25H19ClN6O2. The van der Waals surface area contributed by atoms with Crippen molar-refractivity contribution in [2.75, 3.05) is 11.9 Å². The number of benzene rings is 2. The average molecular weight is 471 g/mol. The van der Waals surface area contributed by atoms with E-state index in [1.807, 2.05) is 43.3 Å². The fourth-order valence-electron chi connectivity index (χ4n) is 4.07. The van der Waals surface area contributed by atoms with Crippen molar-refractivity contribution in [2.24, 2.45) is 0 Å². The normalized spacial score (nSPS) is 14.7. The summed E-state index contributed by atoms with van der Waals surface area (Å²) in [5.74, 6) is 3.56. The number of nitrogens with zero attached hydrogens (tertiary/aromatic N) is 5. The van der Waals surface area contributed by atoms with E-state index in [0.29, 0.717) is 22.3 Å². The summed E-state index contributed by atoms with van der Waals surface area (Å²) < 4.78 is 7.10. The predicted octanol–water partition coefficient (Wildman–Crippen LogP) is 4.17. The second kappa shape index (κ2) is 8.96. The number of rotatable bonds is 5. The van der Waals surface area contributed by atoms with E-state index in [9.17, 15) is 4.79 Å². The number of carbonyl (C=O) groups excluding carboxylic acids is 1. The van der Waals surface area contributed by atoms with E-state index >= 15 is 0 Å². The van der Waals surface area contributed by atoms with Crippen molar-refractivity contribution in [3.63, 3.8) is 0 Å². The van der Waals surface area contributed by atoms with Gasteiger partial charge in [-0.1, -0.05) is 41.8 Å². The topological polar surface area (TPSA) is 94.8 Å². The molecule has 0 saturated heterocycles. The molecule has 0 spiro atoms. The standard InChI is InChI=1S/C25H19ClN6O2/c1-3-11-34-19-6-4-5-17(12-19)20-13-22(33)29-24-23(20)15(2)31-32(24)25-28-21(14-27-30-25)16-7-9-18(26)10-8-16/h1,4-10,12,14,20H,11,13H2,2H3,(H,29,33)/t20-/m0/s1. The zero-order chi connectivity index (χ0) is 23.7. The molecule has 0 unspecified atom stereocenters. The molecule has 2 aromatic carbocycles. The lowest BCUT2D eigenvalue weighted by atomic mass is 9.86. The summed E-state index contributed by atoms with van der Waals surface area (Å²) in [4.78, 5) is 17.3. The summed E-state index contributed by atoms with van der Waals surface area (Å²) in [5, 5.41) is 16.5. The number of aromatic nitrogens is 5. The molecule has 0 radical (unpaired) electrons. The maximum Gasteiger partial charge on any atom is 0.272 e. The van der Waals surface area contributed by atoms with Gasteiger partial charge in [-0.25, -0.2) is 4.98 Å². The molecule has 168 valence electrons. The minimum Gasteiger partial charge on any atom is -0.481 e. The zero-order valence-electron chi connectivity index (χ0n) is 18.2. The van der Waals surface area contributed by atoms with Crippen LogP contribution in [0.2, 0.25) is 5.02 Å². The van der Waals surface area contributed by atoms with Crippen LogP contribution in [0.25, 0.3) is 17.2 Å². The number of fused-ring (bicyclic) bond motifs is 1. The van der Waals surface area contributed by atoms with Gasteiger partial charge in [0, 0.05) is 28.5 Å². The molecule has 3 heterocycles. The number of hydrogen-bond donors (Lipinski definition) is 1. The van der Waals surface area contributed by atoms with Crippen LogP contribution in [0.1, 0.15) is 29.2 Å². The molecule has 2 aromatic heterocycles. The first kappa shape index (κ1) is 21.6. The van der Waals surface area contributed by atoms with E-state index in [1.54, 1.807) is 18.3 Å². The Morgan fingerprint density at radius 1 is 1.26 bits per heavy atom. The van der Waals surface area contributed by atoms with Crippen molar-refractivity contribution < 1.29 is 9.53 Å². The van der Waals surface area contributed by atoms with Gasteiger partial charge in [0.15, 0.2) is 0 Å². The number of anilines is 1. The van der Waals surface area contributed by atoms with E-state index in [2.05, 4.69) is 31.5 Å². The maximum atomic E-state index is 12.7. The Kier molecular flexibility index (Phi) is 5.70. The first-order valence-corrected chi connectivity index (χ1v) is 10.9. The number of carbonyl (C=O) groups is 1. The largest absolute Gasteiger partial charge is 0.481 e. The van der Waals surface area contributed by atoms with Crippen molar-refractivity contribution in [1.29, 1.82) is 0 Å². The number of halogens is 1. The van der Waals surface area contributed by atoms with E-state index in [4.69, 9.17) is 22.8 Å². The van der Waals surface area contributed by atoms with E-state index in [0.717, 1.165) is 22.4 Å². The third-order valence-corrected chi connectivity index (χ3v) is 5.81. The summed E-state index contributed by atoms with van der Waals surface area (Å²) in [5.41, 5.74) is 4.04. The van der Waals surface area contributed by atoms with Crippen LogP contribution in [0, 0.1) is 19.3 Å². The van der Waals surface area contributed by atoms with Gasteiger partial charge in [-0.05, 0) is 36.8 Å². The summed E-state index contributed by atoms with van der Waals surface area (Å²) in [7, 11) is 0. The van der Waals surface area contributed by atoms with Gasteiger partial charge in [0.25, 0.3) is 5.95 Å². The van der Waals surface area contributed by atoms with Crippen molar-refractivity contribution >= 4 is 23.3 Å². The molecule has 8 nitrogen and oxygen atoms in total. The Morgan fingerprint density at radius 3 is 2.88 bits per heavy atom. The summed E-state index contributed by atoms with van der Waals surface area (Å²) >= 11 is 6.00. The molecule has 9 heteroatoms. The molecule has 1 aliphatic heterocycles. The zero-order valence-corrected chi connectivity index (χ0v) is 19.0. The number of nitrogens with one attached hydrogen (secondary N) is 1. The van der Waals surface area contributed by atoms with Gasteiger partial charge in [-0.3, -0.25) is 4.79 Å². The highest BCUT2D eigenvalue weighted by Crippen LogP contribution is 2.40. The number of amides is 1. The number of ether oxygens (including phenoxy) is 1. The molecule has 1 amide bonds. The molecule has 0 aliphatic carbocycles. The lowest BCUT2D eigenvalue weighted by molar-refractivity contribution is -0.116. The Hall–Kier alpha value is -4.22. The lowest BCUT2D eigenvalue weighted by Gasteiger charge is -2.24. The molecule has 1 N–H and O–H groups in total. The molecule has 1 atom stereocenters. The van der Waals surface area contributed by atoms with Crippen LogP contribution >= 0.6 is 11.6 Å². The van der Waals surface area contributed by atoms with Gasteiger partial charge in [0.05, 0.1) is 17.6 Å². The van der Waals surface area contributed by atoms with Crippen LogP contribution < -0.4 is 10.1 Å². The van der Waals surface area contributed by atoms with Gasteiger partial charge in [-0.15, -0.1) is 11.5 Å². The highest BCUT2D eigenvalue weighted by Gasteiger charge is 2.33. The summed E-state index contributed by atoms with van der Waals surface area (Å²) in [6.45, 7) is 2.07. The van der Waals surface area contributed by atoms with Gasteiger partial charge in [0.2, 0.25) is 5.91 Å². The highest BCUT2D eigenvalue weighted by atomic mass is 35.5. The smallest absolute Gasteiger partial charge is 0.272 e. The summed E-state index contributed by atoms with van der Waals surface area (Å²) in [6, 6.07) is 14.9. The highest BCUT2D eigenvalue weighted by molar-refractivity contribution is 6.30. The van der Waals surface area contributed by atoms with E-state index in [1.165, 1.54) is 4.68 Å². The van der Waals surface area contributed by atoms with E-state index in [-0.39, 0.29) is 30.8 Å². The van der Waals surface area contributed by atoms with Crippen molar-refractivity contribution in [2.45, 2.75) is 19.3 Å². The van der Waals surface area contributed by atoms with Crippen molar-refractivity contribution in [3.05, 3.63) is 76.6 Å². The van der Waals surface area contributed by atoms with Crippen molar-refractivity contribution in [1.82, 2.24) is 25.0 Å². The maximum absolute atomic E-state index is 12.7. The second-order valence-electron chi connectivity index (χ2n) is 7.78. The number of terminal acetylenes is 1. The average Bonchev–Trinajstić information content (AvgIpc) is 3.19. The fraction of sp³-hybridized carbons (Fsp3) is 0.160. The van der Waals surface area contributed by atoms with Crippen LogP contribution in [0.4, 0.5) is 5.82 Å². The molecule has 34 heavy (non-hydrogen) atoms. The number of hydrogen-bond acceptors (Lipinski definition) is 6. The third kappa shape index (κ3) is 4.09. The molecule has 0 bridgehead atoms. The Balaban J connectivity index is 1.56. The van der Waals surface area contributed by atoms with Crippen LogP contribution in [-0.4, -0.2) is 37.5 Å². The van der Waals surface area contributed by atoms with Gasteiger partial charge >= 0.3 is 0 Å². The van der Waals surface area contributed by atoms with Crippen molar-refractivity contribution in [3.8, 4) is 35.3 Å². The number of aryl methyl sites for hydroxylation is 1.